The van der Waals surface area contributed by atoms with Crippen LogP contribution in [0.1, 0.15) is 39.0 Å². The number of carbonyl (C=O) groups excluding carboxylic acids is 2. The lowest BCUT2D eigenvalue weighted by Crippen LogP contribution is -2.63. The third kappa shape index (κ3) is 2.65. The summed E-state index contributed by atoms with van der Waals surface area (Å²) < 4.78 is 0. The first kappa shape index (κ1) is 15.8. The number of nitrogens with zero attached hydrogens (tertiary/aromatic N) is 2. The van der Waals surface area contributed by atoms with Crippen molar-refractivity contribution in [2.24, 2.45) is 5.92 Å². The zero-order valence-corrected chi connectivity index (χ0v) is 14.6. The minimum absolute atomic E-state index is 0.0378. The quantitative estimate of drug-likeness (QED) is 0.882. The molecule has 2 bridgehead atoms. The van der Waals surface area contributed by atoms with Crippen LogP contribution in [0.4, 0.5) is 16.2 Å². The Kier molecular flexibility index (Phi) is 3.91. The molecule has 0 aromatic heterocycles. The number of hydrogen-bond acceptors (Lipinski definition) is 2. The molecule has 0 radical (unpaired) electrons. The summed E-state index contributed by atoms with van der Waals surface area (Å²) in [5.74, 6) is 0.799. The van der Waals surface area contributed by atoms with Gasteiger partial charge in [0.1, 0.15) is 0 Å². The van der Waals surface area contributed by atoms with Crippen LogP contribution in [-0.2, 0) is 4.79 Å². The van der Waals surface area contributed by atoms with Gasteiger partial charge in [-0.1, -0.05) is 18.5 Å². The lowest BCUT2D eigenvalue weighted by molar-refractivity contribution is -0.117. The predicted molar refractivity (Wildman–Crippen MR) is 94.5 cm³/mol. The minimum atomic E-state index is -0.0378. The van der Waals surface area contributed by atoms with E-state index in [1.54, 1.807) is 17.0 Å². The largest absolute Gasteiger partial charge is 0.322 e. The Labute approximate surface area is 146 Å². The molecule has 5 nitrogen and oxygen atoms in total. The van der Waals surface area contributed by atoms with E-state index >= 15 is 0 Å². The number of hydrogen-bond donors (Lipinski definition) is 1. The molecule has 0 spiro atoms. The highest BCUT2D eigenvalue weighted by Crippen LogP contribution is 2.41. The molecule has 3 aliphatic heterocycles. The van der Waals surface area contributed by atoms with Gasteiger partial charge < -0.3 is 15.1 Å². The summed E-state index contributed by atoms with van der Waals surface area (Å²) >= 11 is 6.26. The maximum atomic E-state index is 12.6. The Morgan fingerprint density at radius 2 is 2.00 bits per heavy atom. The lowest BCUT2D eigenvalue weighted by atomic mass is 9.74. The fourth-order valence-electron chi connectivity index (χ4n) is 4.37. The number of carbonyl (C=O) groups is 2. The fourth-order valence-corrected chi connectivity index (χ4v) is 4.59. The molecule has 1 aliphatic carbocycles. The number of benzene rings is 1. The van der Waals surface area contributed by atoms with E-state index in [9.17, 15) is 9.59 Å². The summed E-state index contributed by atoms with van der Waals surface area (Å²) in [6.45, 7) is 2.94. The first-order chi connectivity index (χ1) is 11.5. The summed E-state index contributed by atoms with van der Waals surface area (Å²) in [7, 11) is 0. The van der Waals surface area contributed by atoms with E-state index in [-0.39, 0.29) is 11.9 Å². The zero-order valence-electron chi connectivity index (χ0n) is 13.8. The van der Waals surface area contributed by atoms with Crippen molar-refractivity contribution in [3.63, 3.8) is 0 Å². The van der Waals surface area contributed by atoms with Crippen molar-refractivity contribution in [2.45, 2.75) is 51.1 Å². The molecular formula is C18H22ClN3O2. The molecule has 1 aromatic rings. The van der Waals surface area contributed by atoms with Crippen LogP contribution in [-0.4, -0.2) is 35.5 Å². The summed E-state index contributed by atoms with van der Waals surface area (Å²) in [4.78, 5) is 28.2. The van der Waals surface area contributed by atoms with E-state index in [2.05, 4.69) is 12.2 Å². The predicted octanol–water partition coefficient (Wildman–Crippen LogP) is 3.87. The number of fused-ring (bicyclic) bond motifs is 2. The second-order valence-corrected chi connectivity index (χ2v) is 7.68. The van der Waals surface area contributed by atoms with Crippen molar-refractivity contribution >= 4 is 34.9 Å². The number of amides is 3. The van der Waals surface area contributed by atoms with Gasteiger partial charge in [0.15, 0.2) is 0 Å². The number of halogens is 1. The van der Waals surface area contributed by atoms with Gasteiger partial charge in [-0.3, -0.25) is 4.79 Å². The molecule has 3 heterocycles. The third-order valence-electron chi connectivity index (χ3n) is 5.48. The first-order valence-electron chi connectivity index (χ1n) is 8.72. The fraction of sp³-hybridized carbons (Fsp3) is 0.556. The molecule has 4 fully saturated rings. The second-order valence-electron chi connectivity index (χ2n) is 7.27. The molecule has 1 saturated carbocycles. The Balaban J connectivity index is 1.49. The van der Waals surface area contributed by atoms with Gasteiger partial charge >= 0.3 is 6.03 Å². The highest BCUT2D eigenvalue weighted by Gasteiger charge is 2.46. The van der Waals surface area contributed by atoms with Crippen molar-refractivity contribution < 1.29 is 9.59 Å². The number of anilines is 2. The molecule has 128 valence electrons. The van der Waals surface area contributed by atoms with Crippen molar-refractivity contribution in [1.29, 1.82) is 0 Å². The molecule has 4 aliphatic rings. The van der Waals surface area contributed by atoms with E-state index in [1.807, 2.05) is 11.0 Å². The van der Waals surface area contributed by atoms with Crippen LogP contribution in [0.25, 0.3) is 0 Å². The van der Waals surface area contributed by atoms with Crippen molar-refractivity contribution in [1.82, 2.24) is 4.90 Å². The Hall–Kier alpha value is -1.75. The molecule has 5 rings (SSSR count). The maximum Gasteiger partial charge on any atom is 0.322 e. The molecule has 1 aromatic carbocycles. The second kappa shape index (κ2) is 5.96. The molecular weight excluding hydrogens is 326 g/mol. The number of urea groups is 1. The van der Waals surface area contributed by atoms with Gasteiger partial charge in [0, 0.05) is 30.7 Å². The Morgan fingerprint density at radius 3 is 2.67 bits per heavy atom. The minimum Gasteiger partial charge on any atom is -0.318 e. The van der Waals surface area contributed by atoms with Gasteiger partial charge in [0.05, 0.1) is 10.7 Å². The van der Waals surface area contributed by atoms with Crippen LogP contribution in [0.3, 0.4) is 0 Å². The monoisotopic (exact) mass is 347 g/mol. The molecule has 3 saturated heterocycles. The van der Waals surface area contributed by atoms with Crippen LogP contribution < -0.4 is 10.2 Å². The van der Waals surface area contributed by atoms with Gasteiger partial charge in [-0.05, 0) is 49.8 Å². The smallest absolute Gasteiger partial charge is 0.318 e. The van der Waals surface area contributed by atoms with E-state index in [4.69, 9.17) is 11.6 Å². The third-order valence-corrected chi connectivity index (χ3v) is 5.80. The van der Waals surface area contributed by atoms with Gasteiger partial charge in [-0.25, -0.2) is 4.79 Å². The van der Waals surface area contributed by atoms with E-state index < -0.39 is 0 Å². The van der Waals surface area contributed by atoms with Crippen LogP contribution in [0.15, 0.2) is 18.2 Å². The number of nitrogens with one attached hydrogen (secondary N) is 1. The molecule has 24 heavy (non-hydrogen) atoms. The summed E-state index contributed by atoms with van der Waals surface area (Å²) in [5.41, 5.74) is 1.38. The van der Waals surface area contributed by atoms with Crippen molar-refractivity contribution in [3.8, 4) is 0 Å². The van der Waals surface area contributed by atoms with Crippen LogP contribution in [0.2, 0.25) is 5.02 Å². The maximum absolute atomic E-state index is 12.6. The molecule has 1 unspecified atom stereocenters. The molecule has 3 atom stereocenters. The Morgan fingerprint density at radius 1 is 1.25 bits per heavy atom. The summed E-state index contributed by atoms with van der Waals surface area (Å²) in [5, 5.41) is 3.52. The van der Waals surface area contributed by atoms with Crippen LogP contribution in [0.5, 0.6) is 0 Å². The first-order valence-corrected chi connectivity index (χ1v) is 9.10. The number of piperidine rings is 1. The SMILES string of the molecule is CC1C[C@@H]2C[C@H](C1)N2C(=O)Nc1ccc(Cl)c(N2CCCC2=O)c1. The van der Waals surface area contributed by atoms with Crippen molar-refractivity contribution in [2.75, 3.05) is 16.8 Å². The summed E-state index contributed by atoms with van der Waals surface area (Å²) in [6.07, 6.45) is 4.73. The highest BCUT2D eigenvalue weighted by atomic mass is 35.5. The van der Waals surface area contributed by atoms with Crippen LogP contribution >= 0.6 is 11.6 Å². The zero-order chi connectivity index (χ0) is 16.8. The molecule has 1 N–H and O–H groups in total. The Bertz CT molecular complexity index is 681. The highest BCUT2D eigenvalue weighted by molar-refractivity contribution is 6.34. The van der Waals surface area contributed by atoms with Gasteiger partial charge in [-0.2, -0.15) is 0 Å². The average Bonchev–Trinajstić information content (AvgIpc) is 2.94. The lowest BCUT2D eigenvalue weighted by Gasteiger charge is -2.54. The van der Waals surface area contributed by atoms with Crippen molar-refractivity contribution in [3.05, 3.63) is 23.2 Å². The molecule has 6 heteroatoms. The topological polar surface area (TPSA) is 52.7 Å². The van der Waals surface area contributed by atoms with Gasteiger partial charge in [0.2, 0.25) is 5.91 Å². The summed E-state index contributed by atoms with van der Waals surface area (Å²) in [6, 6.07) is 6.07. The molecule has 3 amide bonds. The van der Waals surface area contributed by atoms with Gasteiger partial charge in [-0.15, -0.1) is 0 Å². The van der Waals surface area contributed by atoms with E-state index in [0.29, 0.717) is 47.4 Å². The average molecular weight is 348 g/mol. The van der Waals surface area contributed by atoms with Gasteiger partial charge in [0.25, 0.3) is 0 Å². The van der Waals surface area contributed by atoms with E-state index in [1.165, 1.54) is 0 Å². The van der Waals surface area contributed by atoms with Crippen LogP contribution in [0, 0.1) is 5.92 Å². The van der Waals surface area contributed by atoms with E-state index in [0.717, 1.165) is 25.7 Å². The number of rotatable bonds is 2. The normalized spacial score (nSPS) is 28.8. The standard InChI is InChI=1S/C18H22ClN3O2/c1-11-7-13-10-14(8-11)22(13)18(24)20-12-4-5-15(19)16(9-12)21-6-2-3-17(21)23/h4-5,9,11,13-14H,2-3,6-8,10H2,1H3,(H,20,24)/t11?,13-,14+.